The fourth-order valence-electron chi connectivity index (χ4n) is 2.23. The molecular formula is C18H19NaO4. The molecular weight excluding hydrogens is 303 g/mol. The van der Waals surface area contributed by atoms with Gasteiger partial charge in [0.15, 0.2) is 5.78 Å². The van der Waals surface area contributed by atoms with E-state index in [1.165, 1.54) is 6.92 Å². The molecule has 0 saturated heterocycles. The second-order valence-electron chi connectivity index (χ2n) is 5.13. The Morgan fingerprint density at radius 3 is 1.87 bits per heavy atom. The molecule has 5 heteroatoms. The van der Waals surface area contributed by atoms with Crippen LogP contribution in [0.25, 0.3) is 0 Å². The van der Waals surface area contributed by atoms with Gasteiger partial charge in [-0.05, 0) is 18.1 Å². The zero-order valence-corrected chi connectivity index (χ0v) is 12.4. The third-order valence-electron chi connectivity index (χ3n) is 3.54. The van der Waals surface area contributed by atoms with E-state index in [2.05, 4.69) is 0 Å². The van der Waals surface area contributed by atoms with Gasteiger partial charge in [0.25, 0.3) is 0 Å². The predicted octanol–water partition coefficient (Wildman–Crippen LogP) is 2.21. The Kier molecular flexibility index (Phi) is 7.65. The topological polar surface area (TPSA) is 63.6 Å². The van der Waals surface area contributed by atoms with Crippen molar-refractivity contribution in [3.05, 3.63) is 71.8 Å². The Labute approximate surface area is 157 Å². The van der Waals surface area contributed by atoms with E-state index < -0.39 is 17.4 Å². The van der Waals surface area contributed by atoms with Crippen molar-refractivity contribution < 1.29 is 19.4 Å². The maximum absolute atomic E-state index is 12.0. The SMILES string of the molecule is CC(=O)C(Cc1ccccc1)(OCc1ccccc1)C(=O)O.[NaH]. The molecule has 23 heavy (non-hydrogen) atoms. The fourth-order valence-corrected chi connectivity index (χ4v) is 2.23. The van der Waals surface area contributed by atoms with Gasteiger partial charge in [-0.1, -0.05) is 60.7 Å². The van der Waals surface area contributed by atoms with E-state index in [4.69, 9.17) is 4.74 Å². The summed E-state index contributed by atoms with van der Waals surface area (Å²) < 4.78 is 5.59. The van der Waals surface area contributed by atoms with Gasteiger partial charge < -0.3 is 9.84 Å². The summed E-state index contributed by atoms with van der Waals surface area (Å²) >= 11 is 0. The molecule has 1 unspecified atom stereocenters. The Morgan fingerprint density at radius 2 is 1.43 bits per heavy atom. The van der Waals surface area contributed by atoms with Gasteiger partial charge in [0.2, 0.25) is 5.60 Å². The summed E-state index contributed by atoms with van der Waals surface area (Å²) in [6.45, 7) is 1.32. The number of hydrogen-bond acceptors (Lipinski definition) is 3. The average molecular weight is 322 g/mol. The van der Waals surface area contributed by atoms with Crippen LogP contribution in [0.15, 0.2) is 60.7 Å². The van der Waals surface area contributed by atoms with Gasteiger partial charge in [-0.2, -0.15) is 0 Å². The van der Waals surface area contributed by atoms with E-state index >= 15 is 0 Å². The first-order valence-corrected chi connectivity index (χ1v) is 7.01. The number of carbonyl (C=O) groups is 2. The number of hydrogen-bond donors (Lipinski definition) is 1. The number of Topliss-reactive ketones (excluding diaryl/α,β-unsaturated/α-hetero) is 1. The molecule has 2 rings (SSSR count). The van der Waals surface area contributed by atoms with Crippen molar-refractivity contribution in [3.8, 4) is 0 Å². The molecule has 2 aromatic carbocycles. The number of carbonyl (C=O) groups excluding carboxylic acids is 1. The summed E-state index contributed by atoms with van der Waals surface area (Å²) in [5.41, 5.74) is -0.299. The van der Waals surface area contributed by atoms with E-state index in [0.29, 0.717) is 0 Å². The van der Waals surface area contributed by atoms with Gasteiger partial charge in [-0.15, -0.1) is 0 Å². The summed E-state index contributed by atoms with van der Waals surface area (Å²) in [7, 11) is 0. The molecule has 0 aromatic heterocycles. The molecule has 0 amide bonds. The first-order chi connectivity index (χ1) is 10.5. The number of carboxylic acids is 1. The molecule has 0 aliphatic carbocycles. The van der Waals surface area contributed by atoms with Crippen LogP contribution in [0.4, 0.5) is 0 Å². The van der Waals surface area contributed by atoms with Crippen molar-refractivity contribution in [2.45, 2.75) is 25.6 Å². The third-order valence-corrected chi connectivity index (χ3v) is 3.54. The van der Waals surface area contributed by atoms with Gasteiger partial charge in [-0.3, -0.25) is 4.79 Å². The Bertz CT molecular complexity index is 627. The normalized spacial score (nSPS) is 12.7. The third kappa shape index (κ3) is 5.01. The fraction of sp³-hybridized carbons (Fsp3) is 0.222. The molecule has 0 aliphatic rings. The van der Waals surface area contributed by atoms with Gasteiger partial charge in [0, 0.05) is 6.42 Å². The van der Waals surface area contributed by atoms with Crippen LogP contribution < -0.4 is 0 Å². The quantitative estimate of drug-likeness (QED) is 0.627. The first kappa shape index (κ1) is 19.6. The van der Waals surface area contributed by atoms with Crippen molar-refractivity contribution in [1.82, 2.24) is 0 Å². The molecule has 0 spiro atoms. The van der Waals surface area contributed by atoms with Gasteiger partial charge in [0.05, 0.1) is 6.61 Å². The van der Waals surface area contributed by atoms with Crippen LogP contribution in [-0.4, -0.2) is 52.0 Å². The van der Waals surface area contributed by atoms with Gasteiger partial charge >= 0.3 is 35.5 Å². The predicted molar refractivity (Wildman–Crippen MR) is 89.6 cm³/mol. The first-order valence-electron chi connectivity index (χ1n) is 7.01. The number of benzene rings is 2. The van der Waals surface area contributed by atoms with Crippen molar-refractivity contribution in [1.29, 1.82) is 0 Å². The van der Waals surface area contributed by atoms with E-state index in [1.807, 2.05) is 36.4 Å². The van der Waals surface area contributed by atoms with Crippen LogP contribution in [0.1, 0.15) is 18.1 Å². The minimum absolute atomic E-state index is 0. The Morgan fingerprint density at radius 1 is 0.957 bits per heavy atom. The molecule has 1 N–H and O–H groups in total. The monoisotopic (exact) mass is 322 g/mol. The second kappa shape index (κ2) is 8.99. The van der Waals surface area contributed by atoms with E-state index in [0.717, 1.165) is 11.1 Å². The average Bonchev–Trinajstić information content (AvgIpc) is 2.53. The maximum atomic E-state index is 12.0. The van der Waals surface area contributed by atoms with E-state index in [1.54, 1.807) is 24.3 Å². The molecule has 0 radical (unpaired) electrons. The van der Waals surface area contributed by atoms with Crippen LogP contribution in [0.2, 0.25) is 0 Å². The summed E-state index contributed by atoms with van der Waals surface area (Å²) in [6.07, 6.45) is 0.00530. The summed E-state index contributed by atoms with van der Waals surface area (Å²) in [5, 5.41) is 9.59. The van der Waals surface area contributed by atoms with Crippen molar-refractivity contribution in [2.24, 2.45) is 0 Å². The van der Waals surface area contributed by atoms with Crippen LogP contribution in [0, 0.1) is 0 Å². The van der Waals surface area contributed by atoms with Crippen molar-refractivity contribution in [3.63, 3.8) is 0 Å². The summed E-state index contributed by atoms with van der Waals surface area (Å²) in [6, 6.07) is 18.2. The van der Waals surface area contributed by atoms with E-state index in [9.17, 15) is 14.7 Å². The Balaban J connectivity index is 0.00000264. The number of rotatable bonds is 7. The summed E-state index contributed by atoms with van der Waals surface area (Å²) in [4.78, 5) is 23.8. The summed E-state index contributed by atoms with van der Waals surface area (Å²) in [5.74, 6) is -1.78. The zero-order chi connectivity index (χ0) is 16.0. The van der Waals surface area contributed by atoms with E-state index in [-0.39, 0.29) is 42.6 Å². The second-order valence-corrected chi connectivity index (χ2v) is 5.13. The number of ketones is 1. The van der Waals surface area contributed by atoms with Crippen LogP contribution in [0.3, 0.4) is 0 Å². The minimum atomic E-state index is -1.86. The van der Waals surface area contributed by atoms with Crippen LogP contribution in [0.5, 0.6) is 0 Å². The molecule has 0 bridgehead atoms. The van der Waals surface area contributed by atoms with Crippen LogP contribution in [-0.2, 0) is 27.4 Å². The van der Waals surface area contributed by atoms with Crippen molar-refractivity contribution >= 4 is 41.3 Å². The number of carboxylic acid groups (broad SMARTS) is 1. The molecule has 116 valence electrons. The molecule has 0 aliphatic heterocycles. The number of ether oxygens (including phenoxy) is 1. The molecule has 0 heterocycles. The van der Waals surface area contributed by atoms with Gasteiger partial charge in [0.1, 0.15) is 0 Å². The van der Waals surface area contributed by atoms with Gasteiger partial charge in [-0.25, -0.2) is 4.79 Å². The number of aliphatic carboxylic acids is 1. The molecule has 0 saturated carbocycles. The molecule has 2 aromatic rings. The van der Waals surface area contributed by atoms with Crippen molar-refractivity contribution in [2.75, 3.05) is 0 Å². The standard InChI is InChI=1S/C18H18O4.Na.H/c1-14(19)18(17(20)21,12-15-8-4-2-5-9-15)22-13-16-10-6-3-7-11-16;;/h2-11H,12-13H2,1H3,(H,20,21);;. The molecule has 1 atom stereocenters. The molecule has 0 fully saturated rings. The van der Waals surface area contributed by atoms with Crippen LogP contribution >= 0.6 is 0 Å². The Hall–Kier alpha value is -1.46. The molecule has 4 nitrogen and oxygen atoms in total. The zero-order valence-electron chi connectivity index (χ0n) is 12.4.